The molecule has 0 bridgehead atoms. The van der Waals surface area contributed by atoms with E-state index in [0.717, 1.165) is 45.2 Å². The minimum Gasteiger partial charge on any atom is -0.350 e. The summed E-state index contributed by atoms with van der Waals surface area (Å²) >= 11 is 1.72. The number of rotatable bonds is 6. The fourth-order valence-corrected chi connectivity index (χ4v) is 5.48. The third-order valence-corrected chi connectivity index (χ3v) is 7.07. The molecule has 2 fully saturated rings. The Morgan fingerprint density at radius 2 is 2.07 bits per heavy atom. The van der Waals surface area contributed by atoms with Crippen LogP contribution in [-0.2, 0) is 16.0 Å². The highest BCUT2D eigenvalue weighted by Gasteiger charge is 2.38. The van der Waals surface area contributed by atoms with Crippen LogP contribution in [0.5, 0.6) is 0 Å². The molecule has 2 aliphatic heterocycles. The zero-order valence-electron chi connectivity index (χ0n) is 16.2. The maximum absolute atomic E-state index is 13.0. The van der Waals surface area contributed by atoms with E-state index < -0.39 is 0 Å². The maximum atomic E-state index is 13.0. The highest BCUT2D eigenvalue weighted by Crippen LogP contribution is 2.32. The largest absolute Gasteiger partial charge is 0.350 e. The quantitative estimate of drug-likeness (QED) is 0.798. The molecule has 148 valence electrons. The van der Waals surface area contributed by atoms with E-state index in [0.29, 0.717) is 18.8 Å². The first-order valence-corrected chi connectivity index (χ1v) is 11.2. The van der Waals surface area contributed by atoms with Crippen molar-refractivity contribution >= 4 is 23.2 Å². The van der Waals surface area contributed by atoms with Gasteiger partial charge in [-0.25, -0.2) is 0 Å². The van der Waals surface area contributed by atoms with Crippen LogP contribution >= 0.6 is 11.3 Å². The lowest BCUT2D eigenvalue weighted by Crippen LogP contribution is -2.45. The summed E-state index contributed by atoms with van der Waals surface area (Å²) in [6.07, 6.45) is 5.66. The van der Waals surface area contributed by atoms with Gasteiger partial charge in [0.1, 0.15) is 0 Å². The third-order valence-electron chi connectivity index (χ3n) is 6.19. The summed E-state index contributed by atoms with van der Waals surface area (Å²) < 4.78 is 0. The molecule has 4 rings (SSSR count). The number of amides is 2. The Morgan fingerprint density at radius 3 is 2.79 bits per heavy atom. The zero-order valence-corrected chi connectivity index (χ0v) is 17.0. The standard InChI is InChI=1S/C23H28N2O2S/c26-21-10-12-23(24-21,16-20-9-5-15-28-20)13-11-22(27)25-14-4-8-19(17-25)18-6-2-1-3-7-18/h1-3,5-7,9,15,19H,4,8,10-14,16-17H2,(H,24,26). The van der Waals surface area contributed by atoms with Gasteiger partial charge in [0.2, 0.25) is 11.8 Å². The van der Waals surface area contributed by atoms with E-state index >= 15 is 0 Å². The molecule has 2 atom stereocenters. The highest BCUT2D eigenvalue weighted by atomic mass is 32.1. The number of carbonyl (C=O) groups excluding carboxylic acids is 2. The Kier molecular flexibility index (Phi) is 5.81. The molecular formula is C23H28N2O2S. The van der Waals surface area contributed by atoms with Crippen molar-refractivity contribution in [3.63, 3.8) is 0 Å². The van der Waals surface area contributed by atoms with Gasteiger partial charge in [-0.15, -0.1) is 11.3 Å². The second-order valence-electron chi connectivity index (χ2n) is 8.17. The molecule has 0 radical (unpaired) electrons. The third kappa shape index (κ3) is 4.46. The van der Waals surface area contributed by atoms with Crippen LogP contribution in [-0.4, -0.2) is 35.3 Å². The number of hydrogen-bond acceptors (Lipinski definition) is 3. The van der Waals surface area contributed by atoms with Gasteiger partial charge >= 0.3 is 0 Å². The lowest BCUT2D eigenvalue weighted by molar-refractivity contribution is -0.133. The summed E-state index contributed by atoms with van der Waals surface area (Å²) in [5.74, 6) is 0.781. The van der Waals surface area contributed by atoms with Crippen LogP contribution in [0, 0.1) is 0 Å². The van der Waals surface area contributed by atoms with E-state index in [2.05, 4.69) is 41.0 Å². The van der Waals surface area contributed by atoms with Crippen molar-refractivity contribution in [2.75, 3.05) is 13.1 Å². The molecule has 2 amide bonds. The summed E-state index contributed by atoms with van der Waals surface area (Å²) in [5, 5.41) is 5.27. The molecule has 2 saturated heterocycles. The number of thiophene rings is 1. The van der Waals surface area contributed by atoms with Crippen LogP contribution in [0.3, 0.4) is 0 Å². The van der Waals surface area contributed by atoms with Gasteiger partial charge in [-0.2, -0.15) is 0 Å². The number of nitrogens with one attached hydrogen (secondary N) is 1. The minimum atomic E-state index is -0.258. The number of carbonyl (C=O) groups is 2. The van der Waals surface area contributed by atoms with Crippen LogP contribution in [0.1, 0.15) is 54.9 Å². The maximum Gasteiger partial charge on any atom is 0.222 e. The van der Waals surface area contributed by atoms with Crippen molar-refractivity contribution in [3.8, 4) is 0 Å². The molecule has 3 heterocycles. The molecule has 2 unspecified atom stereocenters. The average molecular weight is 397 g/mol. The molecule has 1 aromatic carbocycles. The molecule has 28 heavy (non-hydrogen) atoms. The van der Waals surface area contributed by atoms with Crippen molar-refractivity contribution in [2.45, 2.75) is 56.4 Å². The predicted molar refractivity (Wildman–Crippen MR) is 112 cm³/mol. The van der Waals surface area contributed by atoms with E-state index in [1.54, 1.807) is 11.3 Å². The van der Waals surface area contributed by atoms with E-state index in [1.807, 2.05) is 17.0 Å². The normalized spacial score (nSPS) is 24.9. The monoisotopic (exact) mass is 396 g/mol. The van der Waals surface area contributed by atoms with E-state index in [4.69, 9.17) is 0 Å². The van der Waals surface area contributed by atoms with Crippen molar-refractivity contribution < 1.29 is 9.59 Å². The fraction of sp³-hybridized carbons (Fsp3) is 0.478. The first-order valence-electron chi connectivity index (χ1n) is 10.3. The summed E-state index contributed by atoms with van der Waals surface area (Å²) in [5.41, 5.74) is 1.07. The van der Waals surface area contributed by atoms with Gasteiger partial charge in [-0.1, -0.05) is 36.4 Å². The highest BCUT2D eigenvalue weighted by molar-refractivity contribution is 7.09. The van der Waals surface area contributed by atoms with Gasteiger partial charge in [0.25, 0.3) is 0 Å². The molecule has 0 saturated carbocycles. The van der Waals surface area contributed by atoms with Gasteiger partial charge in [-0.3, -0.25) is 9.59 Å². The first kappa shape index (κ1) is 19.2. The minimum absolute atomic E-state index is 0.117. The van der Waals surface area contributed by atoms with Crippen LogP contribution in [0.4, 0.5) is 0 Å². The van der Waals surface area contributed by atoms with Gasteiger partial charge in [0, 0.05) is 48.7 Å². The summed E-state index contributed by atoms with van der Waals surface area (Å²) in [7, 11) is 0. The number of nitrogens with zero attached hydrogens (tertiary/aromatic N) is 1. The predicted octanol–water partition coefficient (Wildman–Crippen LogP) is 4.13. The molecule has 4 nitrogen and oxygen atoms in total. The lowest BCUT2D eigenvalue weighted by Gasteiger charge is -2.34. The number of likely N-dealkylation sites (tertiary alicyclic amines) is 1. The Bertz CT molecular complexity index is 805. The molecule has 2 aliphatic rings. The number of piperidine rings is 1. The van der Waals surface area contributed by atoms with Crippen molar-refractivity contribution in [1.82, 2.24) is 10.2 Å². The van der Waals surface area contributed by atoms with Crippen LogP contribution in [0.15, 0.2) is 47.8 Å². The SMILES string of the molecule is O=C1CCC(CCC(=O)N2CCCC(c3ccccc3)C2)(Cc2cccs2)N1. The summed E-state index contributed by atoms with van der Waals surface area (Å²) in [6.45, 7) is 1.67. The van der Waals surface area contributed by atoms with Gasteiger partial charge < -0.3 is 10.2 Å². The van der Waals surface area contributed by atoms with Gasteiger partial charge in [-0.05, 0) is 42.7 Å². The fourth-order valence-electron chi connectivity index (χ4n) is 4.63. The van der Waals surface area contributed by atoms with Crippen LogP contribution < -0.4 is 5.32 Å². The van der Waals surface area contributed by atoms with E-state index in [1.165, 1.54) is 10.4 Å². The lowest BCUT2D eigenvalue weighted by atomic mass is 9.86. The Morgan fingerprint density at radius 1 is 1.21 bits per heavy atom. The van der Waals surface area contributed by atoms with Crippen LogP contribution in [0.2, 0.25) is 0 Å². The topological polar surface area (TPSA) is 49.4 Å². The number of hydrogen-bond donors (Lipinski definition) is 1. The second-order valence-corrected chi connectivity index (χ2v) is 9.21. The van der Waals surface area contributed by atoms with Gasteiger partial charge in [0.15, 0.2) is 0 Å². The molecule has 2 aromatic rings. The van der Waals surface area contributed by atoms with Gasteiger partial charge in [0.05, 0.1) is 0 Å². The Labute approximate surface area is 170 Å². The molecule has 1 N–H and O–H groups in total. The summed E-state index contributed by atoms with van der Waals surface area (Å²) in [6, 6.07) is 14.7. The van der Waals surface area contributed by atoms with Crippen LogP contribution in [0.25, 0.3) is 0 Å². The Balaban J connectivity index is 1.37. The van der Waals surface area contributed by atoms with Crippen molar-refractivity contribution in [1.29, 1.82) is 0 Å². The molecule has 0 spiro atoms. The van der Waals surface area contributed by atoms with Crippen molar-refractivity contribution in [3.05, 3.63) is 58.3 Å². The summed E-state index contributed by atoms with van der Waals surface area (Å²) in [4.78, 5) is 28.2. The molecule has 0 aliphatic carbocycles. The molecular weight excluding hydrogens is 368 g/mol. The second kappa shape index (κ2) is 8.48. The first-order chi connectivity index (χ1) is 13.6. The van der Waals surface area contributed by atoms with E-state index in [-0.39, 0.29) is 17.4 Å². The zero-order chi connectivity index (χ0) is 19.4. The molecule has 5 heteroatoms. The Hall–Kier alpha value is -2.14. The smallest absolute Gasteiger partial charge is 0.222 e. The average Bonchev–Trinajstić information content (AvgIpc) is 3.37. The molecule has 1 aromatic heterocycles. The number of benzene rings is 1. The van der Waals surface area contributed by atoms with E-state index in [9.17, 15) is 9.59 Å². The van der Waals surface area contributed by atoms with Crippen molar-refractivity contribution in [2.24, 2.45) is 0 Å².